The summed E-state index contributed by atoms with van der Waals surface area (Å²) in [5.41, 5.74) is 3.16. The second kappa shape index (κ2) is 5.40. The molecule has 1 aliphatic rings. The highest BCUT2D eigenvalue weighted by molar-refractivity contribution is 5.93. The molecule has 0 spiro atoms. The highest BCUT2D eigenvalue weighted by atomic mass is 16.1. The average Bonchev–Trinajstić information content (AvgIpc) is 2.85. The van der Waals surface area contributed by atoms with Gasteiger partial charge in [-0.25, -0.2) is 0 Å². The summed E-state index contributed by atoms with van der Waals surface area (Å²) in [7, 11) is 4.02. The lowest BCUT2D eigenvalue weighted by Gasteiger charge is -2.16. The van der Waals surface area contributed by atoms with Crippen LogP contribution in [0.1, 0.15) is 12.0 Å². The highest BCUT2D eigenvalue weighted by Gasteiger charge is 2.22. The van der Waals surface area contributed by atoms with Crippen molar-refractivity contribution in [3.63, 3.8) is 0 Å². The third-order valence-electron chi connectivity index (χ3n) is 3.42. The normalized spacial score (nSPS) is 18.7. The van der Waals surface area contributed by atoms with Crippen molar-refractivity contribution in [2.75, 3.05) is 37.4 Å². The van der Waals surface area contributed by atoms with Crippen molar-refractivity contribution >= 4 is 17.3 Å². The van der Waals surface area contributed by atoms with E-state index in [-0.39, 0.29) is 11.8 Å². The summed E-state index contributed by atoms with van der Waals surface area (Å²) in [5.74, 6) is 0.235. The van der Waals surface area contributed by atoms with Crippen LogP contribution in [0.2, 0.25) is 0 Å². The van der Waals surface area contributed by atoms with Crippen molar-refractivity contribution in [1.29, 1.82) is 0 Å². The number of hydrogen-bond donors (Lipinski definition) is 2. The lowest BCUT2D eigenvalue weighted by atomic mass is 10.1. The van der Waals surface area contributed by atoms with Crippen LogP contribution in [0.3, 0.4) is 0 Å². The predicted octanol–water partition coefficient (Wildman–Crippen LogP) is 1.61. The van der Waals surface area contributed by atoms with Gasteiger partial charge in [-0.3, -0.25) is 4.79 Å². The van der Waals surface area contributed by atoms with Gasteiger partial charge in [0.1, 0.15) is 0 Å². The number of amides is 1. The molecule has 0 bridgehead atoms. The molecular weight excluding hydrogens is 226 g/mol. The van der Waals surface area contributed by atoms with Gasteiger partial charge in [0, 0.05) is 32.0 Å². The maximum atomic E-state index is 12.0. The number of benzene rings is 1. The zero-order valence-corrected chi connectivity index (χ0v) is 11.3. The number of carbonyl (C=O) groups is 1. The molecule has 1 aliphatic heterocycles. The predicted molar refractivity (Wildman–Crippen MR) is 75.1 cm³/mol. The first-order valence-electron chi connectivity index (χ1n) is 6.37. The smallest absolute Gasteiger partial charge is 0.228 e. The third-order valence-corrected chi connectivity index (χ3v) is 3.42. The fourth-order valence-corrected chi connectivity index (χ4v) is 2.18. The molecular formula is C14H21N3O. The van der Waals surface area contributed by atoms with Gasteiger partial charge >= 0.3 is 0 Å². The molecule has 1 aromatic carbocycles. The van der Waals surface area contributed by atoms with Crippen LogP contribution in [0.4, 0.5) is 11.4 Å². The molecule has 2 N–H and O–H groups in total. The second-order valence-corrected chi connectivity index (χ2v) is 5.07. The molecule has 1 atom stereocenters. The molecule has 18 heavy (non-hydrogen) atoms. The number of carbonyl (C=O) groups excluding carboxylic acids is 1. The van der Waals surface area contributed by atoms with E-state index in [9.17, 15) is 4.79 Å². The van der Waals surface area contributed by atoms with Crippen molar-refractivity contribution < 1.29 is 4.79 Å². The van der Waals surface area contributed by atoms with E-state index in [1.165, 1.54) is 0 Å². The first-order chi connectivity index (χ1) is 8.58. The molecule has 4 nitrogen and oxygen atoms in total. The molecule has 1 aromatic rings. The first kappa shape index (κ1) is 12.9. The van der Waals surface area contributed by atoms with Crippen LogP contribution in [0.25, 0.3) is 0 Å². The maximum absolute atomic E-state index is 12.0. The molecule has 0 saturated carbocycles. The van der Waals surface area contributed by atoms with E-state index in [0.29, 0.717) is 0 Å². The van der Waals surface area contributed by atoms with Crippen LogP contribution in [0.15, 0.2) is 18.2 Å². The van der Waals surface area contributed by atoms with E-state index in [1.807, 2.05) is 33.2 Å². The molecule has 98 valence electrons. The van der Waals surface area contributed by atoms with Crippen LogP contribution in [0.5, 0.6) is 0 Å². The van der Waals surface area contributed by atoms with E-state index in [2.05, 4.69) is 21.6 Å². The number of nitrogens with zero attached hydrogens (tertiary/aromatic N) is 1. The van der Waals surface area contributed by atoms with E-state index >= 15 is 0 Å². The SMILES string of the molecule is Cc1cc(N(C)C)ccc1NC(=O)C1CCNC1. The molecule has 1 heterocycles. The van der Waals surface area contributed by atoms with E-state index in [0.717, 1.165) is 36.4 Å². The number of aryl methyl sites for hydroxylation is 1. The molecule has 0 radical (unpaired) electrons. The molecule has 1 fully saturated rings. The summed E-state index contributed by atoms with van der Waals surface area (Å²) < 4.78 is 0. The largest absolute Gasteiger partial charge is 0.378 e. The Morgan fingerprint density at radius 2 is 2.22 bits per heavy atom. The Balaban J connectivity index is 2.07. The van der Waals surface area contributed by atoms with Gasteiger partial charge in [-0.05, 0) is 43.7 Å². The van der Waals surface area contributed by atoms with Crippen molar-refractivity contribution in [1.82, 2.24) is 5.32 Å². The Labute approximate surface area is 108 Å². The molecule has 0 aliphatic carbocycles. The highest BCUT2D eigenvalue weighted by Crippen LogP contribution is 2.22. The number of anilines is 2. The Morgan fingerprint density at radius 3 is 2.78 bits per heavy atom. The monoisotopic (exact) mass is 247 g/mol. The van der Waals surface area contributed by atoms with Crippen molar-refractivity contribution in [3.8, 4) is 0 Å². The second-order valence-electron chi connectivity index (χ2n) is 5.07. The van der Waals surface area contributed by atoms with Gasteiger partial charge < -0.3 is 15.5 Å². The van der Waals surface area contributed by atoms with Gasteiger partial charge in [-0.2, -0.15) is 0 Å². The molecule has 2 rings (SSSR count). The van der Waals surface area contributed by atoms with Gasteiger partial charge in [0.15, 0.2) is 0 Å². The molecule has 4 heteroatoms. The van der Waals surface area contributed by atoms with Gasteiger partial charge in [0.25, 0.3) is 0 Å². The Hall–Kier alpha value is -1.55. The third kappa shape index (κ3) is 2.82. The van der Waals surface area contributed by atoms with Crippen LogP contribution in [-0.4, -0.2) is 33.1 Å². The quantitative estimate of drug-likeness (QED) is 0.853. The Bertz CT molecular complexity index is 437. The number of nitrogens with one attached hydrogen (secondary N) is 2. The molecule has 1 saturated heterocycles. The van der Waals surface area contributed by atoms with E-state index in [4.69, 9.17) is 0 Å². The average molecular weight is 247 g/mol. The topological polar surface area (TPSA) is 44.4 Å². The molecule has 1 amide bonds. The number of rotatable bonds is 3. The fourth-order valence-electron chi connectivity index (χ4n) is 2.18. The van der Waals surface area contributed by atoms with Gasteiger partial charge in [-0.1, -0.05) is 0 Å². The minimum atomic E-state index is 0.109. The summed E-state index contributed by atoms with van der Waals surface area (Å²) in [6.07, 6.45) is 0.931. The lowest BCUT2D eigenvalue weighted by molar-refractivity contribution is -0.119. The van der Waals surface area contributed by atoms with Crippen LogP contribution in [-0.2, 0) is 4.79 Å². The number of hydrogen-bond acceptors (Lipinski definition) is 3. The lowest BCUT2D eigenvalue weighted by Crippen LogP contribution is -2.25. The zero-order chi connectivity index (χ0) is 13.1. The standard InChI is InChI=1S/C14H21N3O/c1-10-8-12(17(2)3)4-5-13(10)16-14(18)11-6-7-15-9-11/h4-5,8,11,15H,6-7,9H2,1-3H3,(H,16,18). The summed E-state index contributed by atoms with van der Waals surface area (Å²) in [6, 6.07) is 6.09. The summed E-state index contributed by atoms with van der Waals surface area (Å²) in [6.45, 7) is 3.76. The molecule has 0 aromatic heterocycles. The Morgan fingerprint density at radius 1 is 1.44 bits per heavy atom. The van der Waals surface area contributed by atoms with Crippen molar-refractivity contribution in [3.05, 3.63) is 23.8 Å². The van der Waals surface area contributed by atoms with Crippen molar-refractivity contribution in [2.24, 2.45) is 5.92 Å². The van der Waals surface area contributed by atoms with Crippen molar-refractivity contribution in [2.45, 2.75) is 13.3 Å². The Kier molecular flexibility index (Phi) is 3.87. The van der Waals surface area contributed by atoms with E-state index < -0.39 is 0 Å². The summed E-state index contributed by atoms with van der Waals surface area (Å²) in [5, 5.41) is 6.23. The first-order valence-corrected chi connectivity index (χ1v) is 6.37. The van der Waals surface area contributed by atoms with E-state index in [1.54, 1.807) is 0 Å². The van der Waals surface area contributed by atoms with Gasteiger partial charge in [0.05, 0.1) is 5.92 Å². The minimum Gasteiger partial charge on any atom is -0.378 e. The minimum absolute atomic E-state index is 0.109. The maximum Gasteiger partial charge on any atom is 0.228 e. The summed E-state index contributed by atoms with van der Waals surface area (Å²) in [4.78, 5) is 14.1. The molecule has 1 unspecified atom stereocenters. The van der Waals surface area contributed by atoms with Crippen LogP contribution >= 0.6 is 0 Å². The van der Waals surface area contributed by atoms with Gasteiger partial charge in [0.2, 0.25) is 5.91 Å². The van der Waals surface area contributed by atoms with Gasteiger partial charge in [-0.15, -0.1) is 0 Å². The van der Waals surface area contributed by atoms with Crippen LogP contribution < -0.4 is 15.5 Å². The zero-order valence-electron chi connectivity index (χ0n) is 11.3. The van der Waals surface area contributed by atoms with Crippen LogP contribution in [0, 0.1) is 12.8 Å². The summed E-state index contributed by atoms with van der Waals surface area (Å²) >= 11 is 0. The fraction of sp³-hybridized carbons (Fsp3) is 0.500.